The van der Waals surface area contributed by atoms with Crippen LogP contribution in [-0.2, 0) is 30.4 Å². The second kappa shape index (κ2) is 13.8. The number of anilines is 2. The predicted molar refractivity (Wildman–Crippen MR) is 181 cm³/mol. The van der Waals surface area contributed by atoms with Crippen molar-refractivity contribution in [3.05, 3.63) is 109 Å². The number of amides is 3. The highest BCUT2D eigenvalue weighted by atomic mass is 35.5. The van der Waals surface area contributed by atoms with Crippen molar-refractivity contribution >= 4 is 75.7 Å². The lowest BCUT2D eigenvalue weighted by Crippen LogP contribution is -2.33. The fraction of sp³-hybridized carbons (Fsp3) is 0.235. The van der Waals surface area contributed by atoms with Crippen LogP contribution < -0.4 is 15.1 Å². The normalized spacial score (nSPS) is 18.2. The van der Waals surface area contributed by atoms with Crippen molar-refractivity contribution in [3.63, 3.8) is 0 Å². The molecule has 0 bridgehead atoms. The molecule has 0 saturated carbocycles. The van der Waals surface area contributed by atoms with Crippen LogP contribution >= 0.6 is 34.7 Å². The Morgan fingerprint density at radius 2 is 1.40 bits per heavy atom. The summed E-state index contributed by atoms with van der Waals surface area (Å²) in [5, 5.41) is 2.76. The van der Waals surface area contributed by atoms with E-state index >= 15 is 0 Å². The lowest BCUT2D eigenvalue weighted by atomic mass is 9.83. The number of carbonyl (C=O) groups is 5. The molecular formula is C34H28ClN3O8S2. The Hall–Kier alpha value is -4.72. The minimum Gasteiger partial charge on any atom is -0.462 e. The number of ether oxygens (including phenoxy) is 2. The van der Waals surface area contributed by atoms with Crippen LogP contribution in [0.1, 0.15) is 50.9 Å². The molecule has 14 heteroatoms. The van der Waals surface area contributed by atoms with Crippen LogP contribution in [0.15, 0.2) is 82.6 Å². The topological polar surface area (TPSA) is 141 Å². The Bertz CT molecular complexity index is 1970. The average molecular weight is 706 g/mol. The van der Waals surface area contributed by atoms with Gasteiger partial charge in [-0.15, -0.1) is 0 Å². The summed E-state index contributed by atoms with van der Waals surface area (Å²) in [6.45, 7) is 3.50. The molecule has 2 aliphatic rings. The monoisotopic (exact) mass is 705 g/mol. The van der Waals surface area contributed by atoms with Crippen molar-refractivity contribution in [1.82, 2.24) is 4.57 Å². The molecule has 1 saturated heterocycles. The van der Waals surface area contributed by atoms with Crippen LogP contribution in [0.5, 0.6) is 0 Å². The van der Waals surface area contributed by atoms with E-state index in [1.165, 1.54) is 41.0 Å². The fourth-order valence-electron chi connectivity index (χ4n) is 5.75. The van der Waals surface area contributed by atoms with Gasteiger partial charge in [-0.2, -0.15) is 0 Å². The Balaban J connectivity index is 1.31. The Morgan fingerprint density at radius 3 is 1.98 bits per heavy atom. The number of esters is 2. The Kier molecular flexibility index (Phi) is 9.54. The number of thioether (sulfide) groups is 1. The first-order valence-corrected chi connectivity index (χ1v) is 17.1. The third-order valence-electron chi connectivity index (χ3n) is 7.90. The van der Waals surface area contributed by atoms with Crippen LogP contribution in [0.25, 0.3) is 0 Å². The van der Waals surface area contributed by atoms with E-state index in [4.69, 9.17) is 21.1 Å². The first kappa shape index (κ1) is 33.2. The van der Waals surface area contributed by atoms with Gasteiger partial charge in [0.25, 0.3) is 0 Å². The summed E-state index contributed by atoms with van der Waals surface area (Å²) < 4.78 is 11.4. The van der Waals surface area contributed by atoms with Gasteiger partial charge in [-0.05, 0) is 80.1 Å². The van der Waals surface area contributed by atoms with E-state index in [9.17, 15) is 28.8 Å². The zero-order valence-electron chi connectivity index (χ0n) is 25.6. The van der Waals surface area contributed by atoms with Gasteiger partial charge in [0.2, 0.25) is 17.7 Å². The van der Waals surface area contributed by atoms with E-state index in [0.29, 0.717) is 37.4 Å². The highest BCUT2D eigenvalue weighted by molar-refractivity contribution is 8.00. The molecule has 6 rings (SSSR count). The van der Waals surface area contributed by atoms with Crippen LogP contribution in [-0.4, -0.2) is 52.7 Å². The molecule has 11 nitrogen and oxygen atoms in total. The molecule has 0 unspecified atom stereocenters. The number of benzene rings is 3. The molecule has 4 aromatic rings. The molecule has 3 heterocycles. The summed E-state index contributed by atoms with van der Waals surface area (Å²) in [5.74, 6) is -3.92. The number of nitrogens with zero attached hydrogens (tertiary/aromatic N) is 2. The molecular weight excluding hydrogens is 678 g/mol. The minimum atomic E-state index is -0.894. The summed E-state index contributed by atoms with van der Waals surface area (Å²) in [6.07, 6.45) is 0. The molecule has 1 N–H and O–H groups in total. The molecule has 3 atom stereocenters. The zero-order valence-corrected chi connectivity index (χ0v) is 28.0. The summed E-state index contributed by atoms with van der Waals surface area (Å²) in [6, 6.07) is 19.1. The maximum absolute atomic E-state index is 14.1. The summed E-state index contributed by atoms with van der Waals surface area (Å²) in [5.41, 5.74) is 2.02. The van der Waals surface area contributed by atoms with Gasteiger partial charge >= 0.3 is 16.8 Å². The number of carbonyl (C=O) groups excluding carboxylic acids is 5. The zero-order chi connectivity index (χ0) is 34.1. The van der Waals surface area contributed by atoms with Crippen LogP contribution in [0.4, 0.5) is 11.4 Å². The Morgan fingerprint density at radius 1 is 0.812 bits per heavy atom. The second-order valence-electron chi connectivity index (χ2n) is 10.8. The van der Waals surface area contributed by atoms with Crippen molar-refractivity contribution in [3.8, 4) is 0 Å². The number of fused-ring (bicyclic) bond motifs is 2. The van der Waals surface area contributed by atoms with Gasteiger partial charge in [-0.3, -0.25) is 23.7 Å². The number of nitrogens with one attached hydrogen (secondary N) is 1. The second-order valence-corrected chi connectivity index (χ2v) is 13.4. The van der Waals surface area contributed by atoms with E-state index in [0.717, 1.165) is 28.0 Å². The van der Waals surface area contributed by atoms with Gasteiger partial charge in [-0.25, -0.2) is 14.5 Å². The van der Waals surface area contributed by atoms with Gasteiger partial charge in [0.1, 0.15) is 11.8 Å². The average Bonchev–Trinajstić information content (AvgIpc) is 3.52. The van der Waals surface area contributed by atoms with E-state index in [1.807, 2.05) is 0 Å². The number of rotatable bonds is 9. The summed E-state index contributed by atoms with van der Waals surface area (Å²) >= 11 is 8.20. The molecule has 1 fully saturated rings. The maximum atomic E-state index is 14.1. The Labute approximate surface area is 287 Å². The van der Waals surface area contributed by atoms with Gasteiger partial charge < -0.3 is 14.8 Å². The third-order valence-corrected chi connectivity index (χ3v) is 10.8. The summed E-state index contributed by atoms with van der Waals surface area (Å²) in [7, 11) is 0. The summed E-state index contributed by atoms with van der Waals surface area (Å²) in [4.78, 5) is 80.1. The molecule has 2 aliphatic heterocycles. The van der Waals surface area contributed by atoms with Gasteiger partial charge in [0.15, 0.2) is 0 Å². The van der Waals surface area contributed by atoms with Gasteiger partial charge in [-0.1, -0.05) is 46.8 Å². The molecule has 1 aromatic heterocycles. The number of aromatic nitrogens is 1. The highest BCUT2D eigenvalue weighted by Crippen LogP contribution is 2.54. The standard InChI is InChI=1S/C34H28ClN3O8S2/c1-3-45-32(42)19-7-13-22(14-8-19)36-24(39)17-37-31-28(48-34(37)44)25(18-5-11-21(35)12-6-18)26-27(47-31)30(41)38(29(26)40)23-15-9-20(10-16-23)33(43)46-4-2/h5-16,25-27H,3-4,17H2,1-2H3,(H,36,39)/t25-,26-,27+/m0/s1. The number of hydrogen-bond acceptors (Lipinski definition) is 10. The molecule has 0 aliphatic carbocycles. The molecule has 0 spiro atoms. The molecule has 246 valence electrons. The van der Waals surface area contributed by atoms with Crippen molar-refractivity contribution in [2.75, 3.05) is 23.4 Å². The van der Waals surface area contributed by atoms with E-state index in [2.05, 4.69) is 5.32 Å². The molecule has 3 amide bonds. The van der Waals surface area contributed by atoms with E-state index in [-0.39, 0.29) is 25.3 Å². The van der Waals surface area contributed by atoms with Crippen molar-refractivity contribution in [2.24, 2.45) is 5.92 Å². The smallest absolute Gasteiger partial charge is 0.338 e. The number of hydrogen-bond donors (Lipinski definition) is 1. The number of thiazole rings is 1. The van der Waals surface area contributed by atoms with Crippen LogP contribution in [0.2, 0.25) is 5.02 Å². The van der Waals surface area contributed by atoms with Gasteiger partial charge in [0, 0.05) is 21.5 Å². The quantitative estimate of drug-likeness (QED) is 0.180. The lowest BCUT2D eigenvalue weighted by molar-refractivity contribution is -0.122. The van der Waals surface area contributed by atoms with Crippen molar-refractivity contribution in [2.45, 2.75) is 36.6 Å². The van der Waals surface area contributed by atoms with Crippen LogP contribution in [0.3, 0.4) is 0 Å². The third kappa shape index (κ3) is 6.28. The number of imide groups is 1. The highest BCUT2D eigenvalue weighted by Gasteiger charge is 2.56. The van der Waals surface area contributed by atoms with Gasteiger partial charge in [0.05, 0.1) is 41.0 Å². The largest absolute Gasteiger partial charge is 0.462 e. The predicted octanol–water partition coefficient (Wildman–Crippen LogP) is 5.35. The van der Waals surface area contributed by atoms with Crippen molar-refractivity contribution in [1.29, 1.82) is 0 Å². The fourth-order valence-corrected chi connectivity index (χ4v) is 8.65. The minimum absolute atomic E-state index is 0.206. The van der Waals surface area contributed by atoms with Crippen molar-refractivity contribution < 1.29 is 33.4 Å². The first-order valence-electron chi connectivity index (χ1n) is 15.0. The van der Waals surface area contributed by atoms with E-state index < -0.39 is 51.6 Å². The lowest BCUT2D eigenvalue weighted by Gasteiger charge is -2.30. The van der Waals surface area contributed by atoms with Crippen LogP contribution in [0, 0.1) is 5.92 Å². The molecule has 0 radical (unpaired) electrons. The first-order chi connectivity index (χ1) is 23.1. The maximum Gasteiger partial charge on any atom is 0.338 e. The SMILES string of the molecule is CCOC(=O)c1ccc(NC(=O)Cn2c3c(sc2=O)[C@@H](c2ccc(Cl)cc2)[C@@H]2C(=O)N(c4ccc(C(=O)OCC)cc4)C(=O)[C@@H]2S3)cc1. The number of halogens is 1. The van der Waals surface area contributed by atoms with E-state index in [1.54, 1.807) is 50.2 Å². The molecule has 48 heavy (non-hydrogen) atoms. The molecule has 3 aromatic carbocycles.